The van der Waals surface area contributed by atoms with E-state index < -0.39 is 0 Å². The Hall–Kier alpha value is -2.40. The molecule has 132 valence electrons. The average Bonchev–Trinajstić information content (AvgIpc) is 2.63. The number of nitrogens with zero attached hydrogens (tertiary/aromatic N) is 2. The highest BCUT2D eigenvalue weighted by Crippen LogP contribution is 2.21. The number of aryl methyl sites for hydroxylation is 1. The fourth-order valence-electron chi connectivity index (χ4n) is 3.04. The molecule has 1 aromatic carbocycles. The minimum absolute atomic E-state index is 0.114. The number of carbonyl (C=O) groups excluding carboxylic acids is 1. The zero-order chi connectivity index (χ0) is 17.6. The molecule has 1 N–H and O–H groups in total. The van der Waals surface area contributed by atoms with Crippen LogP contribution in [0.2, 0.25) is 0 Å². The van der Waals surface area contributed by atoms with E-state index in [4.69, 9.17) is 4.74 Å². The van der Waals surface area contributed by atoms with Gasteiger partial charge in [-0.05, 0) is 56.1 Å². The lowest BCUT2D eigenvalue weighted by atomic mass is 10.0. The lowest BCUT2D eigenvalue weighted by molar-refractivity contribution is 0.0907. The number of benzene rings is 1. The predicted octanol–water partition coefficient (Wildman–Crippen LogP) is 3.40. The molecule has 1 amide bonds. The number of rotatable bonds is 5. The van der Waals surface area contributed by atoms with Crippen LogP contribution in [0.5, 0.6) is 11.5 Å². The van der Waals surface area contributed by atoms with Gasteiger partial charge in [-0.3, -0.25) is 4.79 Å². The van der Waals surface area contributed by atoms with Crippen molar-refractivity contribution in [3.05, 3.63) is 53.9 Å². The van der Waals surface area contributed by atoms with Gasteiger partial charge in [-0.15, -0.1) is 0 Å². The van der Waals surface area contributed by atoms with Gasteiger partial charge in [0.2, 0.25) is 0 Å². The van der Waals surface area contributed by atoms with E-state index >= 15 is 0 Å². The first-order chi connectivity index (χ1) is 12.1. The summed E-state index contributed by atoms with van der Waals surface area (Å²) in [6.07, 6.45) is 3.58. The summed E-state index contributed by atoms with van der Waals surface area (Å²) in [6, 6.07) is 11.6. The molecular weight excluding hydrogens is 314 g/mol. The van der Waals surface area contributed by atoms with Crippen molar-refractivity contribution >= 4 is 5.91 Å². The molecule has 0 bridgehead atoms. The van der Waals surface area contributed by atoms with E-state index in [0.717, 1.165) is 43.8 Å². The van der Waals surface area contributed by atoms with E-state index in [1.165, 1.54) is 0 Å². The van der Waals surface area contributed by atoms with E-state index in [1.54, 1.807) is 18.3 Å². The van der Waals surface area contributed by atoms with E-state index in [9.17, 15) is 4.79 Å². The molecule has 1 saturated heterocycles. The van der Waals surface area contributed by atoms with Crippen LogP contribution in [0.3, 0.4) is 0 Å². The Kier molecular flexibility index (Phi) is 5.66. The minimum atomic E-state index is -0.114. The highest BCUT2D eigenvalue weighted by molar-refractivity contribution is 5.92. The number of carbonyl (C=O) groups is 1. The summed E-state index contributed by atoms with van der Waals surface area (Å²) >= 11 is 0. The Morgan fingerprint density at radius 3 is 2.68 bits per heavy atom. The average molecular weight is 339 g/mol. The van der Waals surface area contributed by atoms with Crippen LogP contribution in [-0.2, 0) is 0 Å². The lowest BCUT2D eigenvalue weighted by Crippen LogP contribution is -2.44. The molecule has 1 aromatic heterocycles. The molecule has 5 nitrogen and oxygen atoms in total. The number of ether oxygens (including phenoxy) is 1. The van der Waals surface area contributed by atoms with Crippen molar-refractivity contribution in [2.24, 2.45) is 0 Å². The van der Waals surface area contributed by atoms with Crippen LogP contribution in [0.4, 0.5) is 0 Å². The van der Waals surface area contributed by atoms with E-state index in [-0.39, 0.29) is 11.9 Å². The number of aromatic nitrogens is 1. The molecule has 0 unspecified atom stereocenters. The molecule has 0 atom stereocenters. The quantitative estimate of drug-likeness (QED) is 0.907. The highest BCUT2D eigenvalue weighted by atomic mass is 16.5. The van der Waals surface area contributed by atoms with E-state index in [1.807, 2.05) is 31.2 Å². The summed E-state index contributed by atoms with van der Waals surface area (Å²) in [6.45, 7) is 7.34. The molecule has 0 radical (unpaired) electrons. The number of nitrogens with one attached hydrogen (secondary N) is 1. The van der Waals surface area contributed by atoms with Crippen LogP contribution in [0.25, 0.3) is 0 Å². The van der Waals surface area contributed by atoms with Crippen molar-refractivity contribution in [1.29, 1.82) is 0 Å². The van der Waals surface area contributed by atoms with Gasteiger partial charge in [0.15, 0.2) is 0 Å². The maximum absolute atomic E-state index is 12.4. The normalized spacial score (nSPS) is 15.8. The Morgan fingerprint density at radius 1 is 1.24 bits per heavy atom. The number of amides is 1. The lowest BCUT2D eigenvalue weighted by Gasteiger charge is -2.31. The summed E-state index contributed by atoms with van der Waals surface area (Å²) in [5.74, 6) is 1.28. The Bertz CT molecular complexity index is 707. The van der Waals surface area contributed by atoms with Gasteiger partial charge in [-0.25, -0.2) is 4.98 Å². The molecule has 2 aromatic rings. The Morgan fingerprint density at radius 2 is 2.04 bits per heavy atom. The second-order valence-electron chi connectivity index (χ2n) is 6.48. The van der Waals surface area contributed by atoms with Gasteiger partial charge < -0.3 is 15.0 Å². The maximum Gasteiger partial charge on any atom is 0.270 e. The summed E-state index contributed by atoms with van der Waals surface area (Å²) in [4.78, 5) is 19.0. The molecule has 25 heavy (non-hydrogen) atoms. The molecular formula is C20H25N3O2. The number of piperidine rings is 1. The first-order valence-electron chi connectivity index (χ1n) is 8.88. The molecule has 0 saturated carbocycles. The van der Waals surface area contributed by atoms with Crippen molar-refractivity contribution < 1.29 is 9.53 Å². The molecule has 0 spiro atoms. The summed E-state index contributed by atoms with van der Waals surface area (Å²) in [5.41, 5.74) is 1.56. The first kappa shape index (κ1) is 17.4. The van der Waals surface area contributed by atoms with Crippen LogP contribution in [0.1, 0.15) is 35.8 Å². The first-order valence-corrected chi connectivity index (χ1v) is 8.88. The van der Waals surface area contributed by atoms with Crippen molar-refractivity contribution in [3.63, 3.8) is 0 Å². The smallest absolute Gasteiger partial charge is 0.270 e. The van der Waals surface area contributed by atoms with Gasteiger partial charge in [0.05, 0.1) is 6.20 Å². The molecule has 1 aliphatic heterocycles. The van der Waals surface area contributed by atoms with Crippen LogP contribution < -0.4 is 10.1 Å². The van der Waals surface area contributed by atoms with Crippen molar-refractivity contribution in [1.82, 2.24) is 15.2 Å². The topological polar surface area (TPSA) is 54.5 Å². The third-order valence-corrected chi connectivity index (χ3v) is 4.56. The SMILES string of the molecule is CCN1CCC(NC(=O)c2ccc(Oc3cccc(C)c3)cn2)CC1. The van der Waals surface area contributed by atoms with Crippen molar-refractivity contribution in [2.75, 3.05) is 19.6 Å². The van der Waals surface area contributed by atoms with Gasteiger partial charge >= 0.3 is 0 Å². The van der Waals surface area contributed by atoms with Gasteiger partial charge in [0, 0.05) is 19.1 Å². The van der Waals surface area contributed by atoms with E-state index in [0.29, 0.717) is 11.4 Å². The van der Waals surface area contributed by atoms with Gasteiger partial charge in [0.1, 0.15) is 17.2 Å². The second-order valence-corrected chi connectivity index (χ2v) is 6.48. The fraction of sp³-hybridized carbons (Fsp3) is 0.400. The zero-order valence-corrected chi connectivity index (χ0v) is 14.9. The minimum Gasteiger partial charge on any atom is -0.456 e. The van der Waals surface area contributed by atoms with Crippen molar-refractivity contribution in [3.8, 4) is 11.5 Å². The number of hydrogen-bond acceptors (Lipinski definition) is 4. The van der Waals surface area contributed by atoms with Gasteiger partial charge in [0.25, 0.3) is 5.91 Å². The molecule has 0 aliphatic carbocycles. The number of likely N-dealkylation sites (tertiary alicyclic amines) is 1. The summed E-state index contributed by atoms with van der Waals surface area (Å²) in [5, 5.41) is 3.09. The largest absolute Gasteiger partial charge is 0.456 e. The van der Waals surface area contributed by atoms with Gasteiger partial charge in [-0.2, -0.15) is 0 Å². The maximum atomic E-state index is 12.4. The molecule has 2 heterocycles. The van der Waals surface area contributed by atoms with Crippen molar-refractivity contribution in [2.45, 2.75) is 32.7 Å². The van der Waals surface area contributed by atoms with Crippen LogP contribution in [0.15, 0.2) is 42.6 Å². The molecule has 1 aliphatic rings. The van der Waals surface area contributed by atoms with Crippen LogP contribution in [-0.4, -0.2) is 41.5 Å². The third kappa shape index (κ3) is 4.79. The second kappa shape index (κ2) is 8.12. The van der Waals surface area contributed by atoms with Gasteiger partial charge in [-0.1, -0.05) is 19.1 Å². The highest BCUT2D eigenvalue weighted by Gasteiger charge is 2.20. The number of pyridine rings is 1. The standard InChI is InChI=1S/C20H25N3O2/c1-3-23-11-9-16(10-12-23)22-20(24)19-8-7-18(14-21-19)25-17-6-4-5-15(2)13-17/h4-8,13-14,16H,3,9-12H2,1-2H3,(H,22,24). The summed E-state index contributed by atoms with van der Waals surface area (Å²) in [7, 11) is 0. The number of hydrogen-bond donors (Lipinski definition) is 1. The van der Waals surface area contributed by atoms with Crippen LogP contribution in [0, 0.1) is 6.92 Å². The Labute approximate surface area is 149 Å². The molecule has 3 rings (SSSR count). The zero-order valence-electron chi connectivity index (χ0n) is 14.9. The van der Waals surface area contributed by atoms with Crippen LogP contribution >= 0.6 is 0 Å². The summed E-state index contributed by atoms with van der Waals surface area (Å²) < 4.78 is 5.77. The third-order valence-electron chi connectivity index (χ3n) is 4.56. The molecule has 5 heteroatoms. The monoisotopic (exact) mass is 339 g/mol. The fourth-order valence-corrected chi connectivity index (χ4v) is 3.04. The predicted molar refractivity (Wildman–Crippen MR) is 98.1 cm³/mol. The molecule has 1 fully saturated rings. The Balaban J connectivity index is 1.55. The van der Waals surface area contributed by atoms with E-state index in [2.05, 4.69) is 22.1 Å².